The van der Waals surface area contributed by atoms with Crippen LogP contribution in [-0.2, 0) is 4.79 Å². The van der Waals surface area contributed by atoms with Gasteiger partial charge in [-0.15, -0.1) is 0 Å². The zero-order valence-corrected chi connectivity index (χ0v) is 10.2. The molecule has 0 aliphatic heterocycles. The first-order valence-corrected chi connectivity index (χ1v) is 5.67. The van der Waals surface area contributed by atoms with Crippen molar-refractivity contribution in [1.29, 1.82) is 0 Å². The van der Waals surface area contributed by atoms with Crippen molar-refractivity contribution in [1.82, 2.24) is 4.90 Å². The Bertz CT molecular complexity index is 322. The predicted molar refractivity (Wildman–Crippen MR) is 67.5 cm³/mol. The summed E-state index contributed by atoms with van der Waals surface area (Å²) in [6, 6.07) is 9.52. The number of para-hydroxylation sites is 1. The highest BCUT2D eigenvalue weighted by Gasteiger charge is 2.19. The molecule has 0 heterocycles. The van der Waals surface area contributed by atoms with Crippen LogP contribution in [-0.4, -0.2) is 30.9 Å². The number of carbonyl (C=O) groups is 1. The number of amides is 1. The van der Waals surface area contributed by atoms with Crippen molar-refractivity contribution >= 4 is 11.6 Å². The highest BCUT2D eigenvalue weighted by Crippen LogP contribution is 2.09. The largest absolute Gasteiger partial charge is 0.325 e. The van der Waals surface area contributed by atoms with Gasteiger partial charge < -0.3 is 5.32 Å². The Morgan fingerprint density at radius 2 is 1.94 bits per heavy atom. The van der Waals surface area contributed by atoms with Crippen LogP contribution >= 0.6 is 0 Å². The highest BCUT2D eigenvalue weighted by atomic mass is 16.2. The maximum atomic E-state index is 12.0. The number of hydrogen-bond donors (Lipinski definition) is 1. The van der Waals surface area contributed by atoms with Crippen LogP contribution in [0, 0.1) is 0 Å². The van der Waals surface area contributed by atoms with E-state index in [2.05, 4.69) is 12.2 Å². The quantitative estimate of drug-likeness (QED) is 0.826. The summed E-state index contributed by atoms with van der Waals surface area (Å²) in [6.45, 7) is 2.09. The summed E-state index contributed by atoms with van der Waals surface area (Å²) in [6.07, 6.45) is 1.89. The Morgan fingerprint density at radius 1 is 1.31 bits per heavy atom. The van der Waals surface area contributed by atoms with Crippen LogP contribution in [0.5, 0.6) is 0 Å². The second kappa shape index (κ2) is 6.28. The maximum absolute atomic E-state index is 12.0. The average molecular weight is 220 g/mol. The summed E-state index contributed by atoms with van der Waals surface area (Å²) < 4.78 is 0. The van der Waals surface area contributed by atoms with E-state index in [1.54, 1.807) is 0 Å². The highest BCUT2D eigenvalue weighted by molar-refractivity contribution is 5.94. The lowest BCUT2D eigenvalue weighted by molar-refractivity contribution is -0.120. The van der Waals surface area contributed by atoms with Gasteiger partial charge in [-0.2, -0.15) is 0 Å². The zero-order valence-electron chi connectivity index (χ0n) is 10.2. The molecular formula is C13H20N2O. The van der Waals surface area contributed by atoms with Crippen molar-refractivity contribution in [3.63, 3.8) is 0 Å². The third kappa shape index (κ3) is 3.66. The molecule has 0 saturated carbocycles. The maximum Gasteiger partial charge on any atom is 0.241 e. The van der Waals surface area contributed by atoms with Gasteiger partial charge in [0.05, 0.1) is 6.04 Å². The fraction of sp³-hybridized carbons (Fsp3) is 0.462. The van der Waals surface area contributed by atoms with Crippen molar-refractivity contribution in [3.05, 3.63) is 30.3 Å². The van der Waals surface area contributed by atoms with Gasteiger partial charge in [0.2, 0.25) is 5.91 Å². The Labute approximate surface area is 97.5 Å². The molecule has 16 heavy (non-hydrogen) atoms. The molecule has 1 unspecified atom stereocenters. The number of anilines is 1. The van der Waals surface area contributed by atoms with Crippen LogP contribution in [0.3, 0.4) is 0 Å². The molecule has 88 valence electrons. The minimum absolute atomic E-state index is 0.0507. The first-order valence-electron chi connectivity index (χ1n) is 5.67. The number of likely N-dealkylation sites (N-methyl/N-ethyl adjacent to an activating group) is 1. The average Bonchev–Trinajstić information content (AvgIpc) is 2.26. The lowest BCUT2D eigenvalue weighted by Crippen LogP contribution is -2.39. The molecule has 0 aromatic heterocycles. The third-order valence-electron chi connectivity index (χ3n) is 2.53. The molecule has 1 aromatic rings. The first-order chi connectivity index (χ1) is 7.65. The smallest absolute Gasteiger partial charge is 0.241 e. The van der Waals surface area contributed by atoms with Gasteiger partial charge in [-0.3, -0.25) is 9.69 Å². The van der Waals surface area contributed by atoms with Crippen LogP contribution in [0.25, 0.3) is 0 Å². The summed E-state index contributed by atoms with van der Waals surface area (Å²) in [5.74, 6) is 0.0676. The Balaban J connectivity index is 2.62. The minimum Gasteiger partial charge on any atom is -0.325 e. The van der Waals surface area contributed by atoms with E-state index >= 15 is 0 Å². The lowest BCUT2D eigenvalue weighted by atomic mass is 10.1. The van der Waals surface area contributed by atoms with Crippen molar-refractivity contribution in [3.8, 4) is 0 Å². The second-order valence-corrected chi connectivity index (χ2v) is 4.12. The minimum atomic E-state index is -0.0507. The third-order valence-corrected chi connectivity index (χ3v) is 2.53. The van der Waals surface area contributed by atoms with E-state index in [0.717, 1.165) is 18.5 Å². The molecule has 0 aliphatic carbocycles. The Morgan fingerprint density at radius 3 is 2.44 bits per heavy atom. The summed E-state index contributed by atoms with van der Waals surface area (Å²) in [4.78, 5) is 14.0. The fourth-order valence-corrected chi connectivity index (χ4v) is 1.64. The van der Waals surface area contributed by atoms with E-state index in [9.17, 15) is 4.79 Å². The molecule has 1 N–H and O–H groups in total. The molecular weight excluding hydrogens is 200 g/mol. The molecule has 0 bridgehead atoms. The molecule has 1 amide bonds. The summed E-state index contributed by atoms with van der Waals surface area (Å²) in [5, 5.41) is 2.93. The van der Waals surface area contributed by atoms with Crippen molar-refractivity contribution < 1.29 is 4.79 Å². The van der Waals surface area contributed by atoms with Crippen LogP contribution < -0.4 is 5.32 Å². The second-order valence-electron chi connectivity index (χ2n) is 4.12. The van der Waals surface area contributed by atoms with Gasteiger partial charge in [0.1, 0.15) is 0 Å². The molecule has 1 atom stereocenters. The number of benzene rings is 1. The van der Waals surface area contributed by atoms with E-state index in [1.165, 1.54) is 0 Å². The van der Waals surface area contributed by atoms with Crippen LogP contribution in [0.2, 0.25) is 0 Å². The number of hydrogen-bond acceptors (Lipinski definition) is 2. The standard InChI is InChI=1S/C13H20N2O/c1-4-8-12(15(2)3)13(16)14-11-9-6-5-7-10-11/h5-7,9-10,12H,4,8H2,1-3H3,(H,14,16). The summed E-state index contributed by atoms with van der Waals surface area (Å²) in [7, 11) is 3.87. The summed E-state index contributed by atoms with van der Waals surface area (Å²) >= 11 is 0. The SMILES string of the molecule is CCCC(C(=O)Nc1ccccc1)N(C)C. The van der Waals surface area contributed by atoms with Crippen LogP contribution in [0.15, 0.2) is 30.3 Å². The van der Waals surface area contributed by atoms with Gasteiger partial charge in [0, 0.05) is 5.69 Å². The van der Waals surface area contributed by atoms with E-state index in [4.69, 9.17) is 0 Å². The number of nitrogens with zero attached hydrogens (tertiary/aromatic N) is 1. The molecule has 0 radical (unpaired) electrons. The van der Waals surface area contributed by atoms with E-state index in [0.29, 0.717) is 0 Å². The van der Waals surface area contributed by atoms with Gasteiger partial charge in [0.15, 0.2) is 0 Å². The van der Waals surface area contributed by atoms with Crippen molar-refractivity contribution in [2.24, 2.45) is 0 Å². The molecule has 1 rings (SSSR count). The molecule has 3 nitrogen and oxygen atoms in total. The van der Waals surface area contributed by atoms with E-state index < -0.39 is 0 Å². The van der Waals surface area contributed by atoms with Gasteiger partial charge in [-0.05, 0) is 32.6 Å². The van der Waals surface area contributed by atoms with Gasteiger partial charge in [0.25, 0.3) is 0 Å². The molecule has 0 spiro atoms. The molecule has 3 heteroatoms. The van der Waals surface area contributed by atoms with Crippen LogP contribution in [0.4, 0.5) is 5.69 Å². The van der Waals surface area contributed by atoms with Gasteiger partial charge in [-0.1, -0.05) is 31.5 Å². The Hall–Kier alpha value is -1.35. The number of rotatable bonds is 5. The molecule has 0 aliphatic rings. The van der Waals surface area contributed by atoms with Gasteiger partial charge >= 0.3 is 0 Å². The Kier molecular flexibility index (Phi) is 4.99. The van der Waals surface area contributed by atoms with Crippen molar-refractivity contribution in [2.75, 3.05) is 19.4 Å². The number of nitrogens with one attached hydrogen (secondary N) is 1. The van der Waals surface area contributed by atoms with Gasteiger partial charge in [-0.25, -0.2) is 0 Å². The van der Waals surface area contributed by atoms with E-state index in [-0.39, 0.29) is 11.9 Å². The topological polar surface area (TPSA) is 32.3 Å². The molecule has 0 saturated heterocycles. The molecule has 0 fully saturated rings. The fourth-order valence-electron chi connectivity index (χ4n) is 1.64. The lowest BCUT2D eigenvalue weighted by Gasteiger charge is -2.22. The van der Waals surface area contributed by atoms with Crippen molar-refractivity contribution in [2.45, 2.75) is 25.8 Å². The molecule has 1 aromatic carbocycles. The van der Waals surface area contributed by atoms with Crippen LogP contribution in [0.1, 0.15) is 19.8 Å². The monoisotopic (exact) mass is 220 g/mol. The van der Waals surface area contributed by atoms with E-state index in [1.807, 2.05) is 49.3 Å². The normalized spacial score (nSPS) is 12.5. The first kappa shape index (κ1) is 12.7. The zero-order chi connectivity index (χ0) is 12.0. The number of carbonyl (C=O) groups excluding carboxylic acids is 1. The summed E-state index contributed by atoms with van der Waals surface area (Å²) in [5.41, 5.74) is 0.857. The predicted octanol–water partition coefficient (Wildman–Crippen LogP) is 2.36.